The first kappa shape index (κ1) is 19.6. The van der Waals surface area contributed by atoms with Gasteiger partial charge in [0.1, 0.15) is 30.1 Å². The normalized spacial score (nSPS) is 15.9. The van der Waals surface area contributed by atoms with E-state index in [2.05, 4.69) is 50.2 Å². The lowest BCUT2D eigenvalue weighted by atomic mass is 9.94. The minimum absolute atomic E-state index is 0.550. The number of ether oxygens (including phenoxy) is 1. The molecule has 0 spiro atoms. The second-order valence-corrected chi connectivity index (χ2v) is 8.43. The zero-order valence-corrected chi connectivity index (χ0v) is 17.6. The Morgan fingerprint density at radius 2 is 1.77 bits per heavy atom. The summed E-state index contributed by atoms with van der Waals surface area (Å²) >= 11 is 0. The average Bonchev–Trinajstić information content (AvgIpc) is 3.23. The number of aliphatic hydroxyl groups is 1. The maximum atomic E-state index is 10.3. The minimum atomic E-state index is -0.587. The van der Waals surface area contributed by atoms with Crippen LogP contribution in [0.15, 0.2) is 67.0 Å². The van der Waals surface area contributed by atoms with Crippen molar-refractivity contribution < 1.29 is 9.84 Å². The fourth-order valence-electron chi connectivity index (χ4n) is 4.01. The molecule has 0 bridgehead atoms. The van der Waals surface area contributed by atoms with Gasteiger partial charge >= 0.3 is 0 Å². The van der Waals surface area contributed by atoms with Crippen LogP contribution in [0.5, 0.6) is 5.75 Å². The molecule has 2 N–H and O–H groups in total. The Hall–Kier alpha value is -3.38. The van der Waals surface area contributed by atoms with E-state index in [1.165, 1.54) is 0 Å². The number of aromatic nitrogens is 3. The standard InChI is InChI=1S/C25H26N4O2/c1-25(30)11-13-29(14-12-25)24-21-15-22(28-23(21)26-17-27-24)19-7-9-20(10-8-19)31-16-18-5-3-2-4-6-18/h2-10,15,17,30H,11-14,16H2,1H3,(H,26,27,28). The summed E-state index contributed by atoms with van der Waals surface area (Å²) < 4.78 is 5.90. The van der Waals surface area contributed by atoms with E-state index in [0.29, 0.717) is 6.61 Å². The molecular formula is C25H26N4O2. The molecule has 3 heterocycles. The third-order valence-corrected chi connectivity index (χ3v) is 5.96. The topological polar surface area (TPSA) is 74.3 Å². The number of nitrogens with zero attached hydrogens (tertiary/aromatic N) is 3. The van der Waals surface area contributed by atoms with Crippen molar-refractivity contribution >= 4 is 16.9 Å². The largest absolute Gasteiger partial charge is 0.489 e. The number of aromatic amines is 1. The summed E-state index contributed by atoms with van der Waals surface area (Å²) in [6, 6.07) is 20.3. The molecule has 0 unspecified atom stereocenters. The molecule has 0 radical (unpaired) electrons. The highest BCUT2D eigenvalue weighted by Gasteiger charge is 2.28. The Balaban J connectivity index is 1.35. The van der Waals surface area contributed by atoms with Crippen molar-refractivity contribution in [1.29, 1.82) is 0 Å². The number of rotatable bonds is 5. The summed E-state index contributed by atoms with van der Waals surface area (Å²) in [4.78, 5) is 14.6. The van der Waals surface area contributed by atoms with Gasteiger partial charge in [0.05, 0.1) is 11.0 Å². The molecule has 31 heavy (non-hydrogen) atoms. The lowest BCUT2D eigenvalue weighted by Crippen LogP contribution is -2.42. The SMILES string of the molecule is CC1(O)CCN(c2ncnc3[nH]c(-c4ccc(OCc5ccccc5)cc4)cc23)CC1. The molecule has 5 rings (SSSR count). The van der Waals surface area contributed by atoms with E-state index >= 15 is 0 Å². The lowest BCUT2D eigenvalue weighted by molar-refractivity contribution is 0.0350. The van der Waals surface area contributed by atoms with E-state index in [9.17, 15) is 5.11 Å². The molecule has 6 heteroatoms. The van der Waals surface area contributed by atoms with Gasteiger partial charge in [-0.2, -0.15) is 0 Å². The van der Waals surface area contributed by atoms with Gasteiger partial charge < -0.3 is 19.7 Å². The zero-order chi connectivity index (χ0) is 21.3. The van der Waals surface area contributed by atoms with Crippen LogP contribution in [-0.2, 0) is 6.61 Å². The number of fused-ring (bicyclic) bond motifs is 1. The van der Waals surface area contributed by atoms with E-state index in [0.717, 1.165) is 65.4 Å². The predicted octanol–water partition coefficient (Wildman–Crippen LogP) is 4.56. The smallest absolute Gasteiger partial charge is 0.143 e. The van der Waals surface area contributed by atoms with Gasteiger partial charge in [-0.3, -0.25) is 0 Å². The van der Waals surface area contributed by atoms with Crippen molar-refractivity contribution in [1.82, 2.24) is 15.0 Å². The summed E-state index contributed by atoms with van der Waals surface area (Å²) in [6.07, 6.45) is 3.08. The summed E-state index contributed by atoms with van der Waals surface area (Å²) in [5.41, 5.74) is 3.44. The van der Waals surface area contributed by atoms with Gasteiger partial charge in [0.2, 0.25) is 0 Å². The van der Waals surface area contributed by atoms with Crippen molar-refractivity contribution in [2.24, 2.45) is 0 Å². The van der Waals surface area contributed by atoms with E-state index < -0.39 is 5.60 Å². The third-order valence-electron chi connectivity index (χ3n) is 5.96. The van der Waals surface area contributed by atoms with Crippen LogP contribution in [0.1, 0.15) is 25.3 Å². The maximum Gasteiger partial charge on any atom is 0.143 e. The maximum absolute atomic E-state index is 10.3. The molecule has 6 nitrogen and oxygen atoms in total. The van der Waals surface area contributed by atoms with Crippen molar-refractivity contribution in [2.75, 3.05) is 18.0 Å². The Morgan fingerprint density at radius 3 is 2.52 bits per heavy atom. The number of anilines is 1. The van der Waals surface area contributed by atoms with Crippen LogP contribution in [0.25, 0.3) is 22.3 Å². The number of hydrogen-bond acceptors (Lipinski definition) is 5. The van der Waals surface area contributed by atoms with Crippen molar-refractivity contribution in [3.05, 3.63) is 72.6 Å². The van der Waals surface area contributed by atoms with Gasteiger partial charge in [0.15, 0.2) is 0 Å². The van der Waals surface area contributed by atoms with E-state index in [4.69, 9.17) is 4.74 Å². The zero-order valence-electron chi connectivity index (χ0n) is 17.6. The summed E-state index contributed by atoms with van der Waals surface area (Å²) in [5.74, 6) is 1.76. The fraction of sp³-hybridized carbons (Fsp3) is 0.280. The molecule has 0 saturated carbocycles. The molecule has 2 aromatic heterocycles. The predicted molar refractivity (Wildman–Crippen MR) is 122 cm³/mol. The van der Waals surface area contributed by atoms with Gasteiger partial charge in [-0.1, -0.05) is 30.3 Å². The molecule has 1 aliphatic heterocycles. The molecule has 1 fully saturated rings. The number of benzene rings is 2. The highest BCUT2D eigenvalue weighted by molar-refractivity contribution is 5.92. The highest BCUT2D eigenvalue weighted by Crippen LogP contribution is 2.32. The van der Waals surface area contributed by atoms with Gasteiger partial charge in [-0.05, 0) is 61.2 Å². The fourth-order valence-corrected chi connectivity index (χ4v) is 4.01. The monoisotopic (exact) mass is 414 g/mol. The average molecular weight is 415 g/mol. The Morgan fingerprint density at radius 1 is 1.03 bits per heavy atom. The first-order valence-electron chi connectivity index (χ1n) is 10.7. The van der Waals surface area contributed by atoms with Crippen LogP contribution < -0.4 is 9.64 Å². The first-order valence-corrected chi connectivity index (χ1v) is 10.7. The molecule has 2 aromatic carbocycles. The molecule has 158 valence electrons. The minimum Gasteiger partial charge on any atom is -0.489 e. The van der Waals surface area contributed by atoms with Crippen LogP contribution >= 0.6 is 0 Å². The summed E-state index contributed by atoms with van der Waals surface area (Å²) in [6.45, 7) is 4.02. The number of H-pyrrole nitrogens is 1. The van der Waals surface area contributed by atoms with Crippen molar-refractivity contribution in [2.45, 2.75) is 32.0 Å². The number of piperidine rings is 1. The Bertz CT molecular complexity index is 1160. The second-order valence-electron chi connectivity index (χ2n) is 8.43. The quantitative estimate of drug-likeness (QED) is 0.501. The first-order chi connectivity index (χ1) is 15.1. The van der Waals surface area contributed by atoms with Gasteiger partial charge in [-0.15, -0.1) is 0 Å². The van der Waals surface area contributed by atoms with Crippen LogP contribution in [-0.4, -0.2) is 38.7 Å². The molecule has 4 aromatic rings. The van der Waals surface area contributed by atoms with Gasteiger partial charge in [0, 0.05) is 18.8 Å². The third kappa shape index (κ3) is 4.25. The highest BCUT2D eigenvalue weighted by atomic mass is 16.5. The molecule has 0 aliphatic carbocycles. The molecule has 1 saturated heterocycles. The van der Waals surface area contributed by atoms with Gasteiger partial charge in [-0.25, -0.2) is 9.97 Å². The molecule has 1 aliphatic rings. The molecule has 0 amide bonds. The molecule has 0 atom stereocenters. The second kappa shape index (κ2) is 8.04. The van der Waals surface area contributed by atoms with Crippen molar-refractivity contribution in [3.63, 3.8) is 0 Å². The summed E-state index contributed by atoms with van der Waals surface area (Å²) in [7, 11) is 0. The van der Waals surface area contributed by atoms with Crippen LogP contribution in [0, 0.1) is 0 Å². The van der Waals surface area contributed by atoms with E-state index in [1.54, 1.807) is 6.33 Å². The van der Waals surface area contributed by atoms with E-state index in [-0.39, 0.29) is 0 Å². The van der Waals surface area contributed by atoms with Crippen LogP contribution in [0.2, 0.25) is 0 Å². The lowest BCUT2D eigenvalue weighted by Gasteiger charge is -2.36. The van der Waals surface area contributed by atoms with Gasteiger partial charge in [0.25, 0.3) is 0 Å². The van der Waals surface area contributed by atoms with Crippen LogP contribution in [0.4, 0.5) is 5.82 Å². The molecular weight excluding hydrogens is 388 g/mol. The number of nitrogens with one attached hydrogen (secondary N) is 1. The number of hydrogen-bond donors (Lipinski definition) is 2. The summed E-state index contributed by atoms with van der Waals surface area (Å²) in [5, 5.41) is 11.3. The van der Waals surface area contributed by atoms with E-state index in [1.807, 2.05) is 37.3 Å². The Labute approximate surface area is 181 Å². The van der Waals surface area contributed by atoms with Crippen LogP contribution in [0.3, 0.4) is 0 Å². The Kier molecular flexibility index (Phi) is 5.08. The van der Waals surface area contributed by atoms with Crippen molar-refractivity contribution in [3.8, 4) is 17.0 Å².